The fourth-order valence-electron chi connectivity index (χ4n) is 2.15. The molecule has 0 aliphatic carbocycles. The number of nitrogens with two attached hydrogens (primary N) is 1. The highest BCUT2D eigenvalue weighted by Gasteiger charge is 2.42. The fraction of sp³-hybridized carbons (Fsp3) is 0.231. The van der Waals surface area contributed by atoms with E-state index in [1.807, 2.05) is 0 Å². The Hall–Kier alpha value is -2.49. The molecule has 0 fully saturated rings. The number of hydrogen-bond acceptors (Lipinski definition) is 4. The van der Waals surface area contributed by atoms with Crippen LogP contribution in [0.25, 0.3) is 22.4 Å². The molecule has 0 aliphatic heterocycles. The van der Waals surface area contributed by atoms with Crippen LogP contribution in [0, 0.1) is 0 Å². The Labute approximate surface area is 133 Å². The van der Waals surface area contributed by atoms with E-state index in [1.54, 1.807) is 18.5 Å². The quantitative estimate of drug-likeness (QED) is 0.713. The Balaban J connectivity index is 1.96. The minimum absolute atomic E-state index is 0.228. The molecular formula is C13H11F3N6S. The van der Waals surface area contributed by atoms with E-state index in [0.717, 1.165) is 10.1 Å². The van der Waals surface area contributed by atoms with Crippen molar-refractivity contribution < 1.29 is 13.2 Å². The standard InChI is InChI=1S/C13H11F3N6S/c14-13(15,16)9(3-10(17)23)22-6-8(5-20-22)12-19-4-7-1-2-18-11(7)21-12/h1-2,4-6,9H,3H2,(H2,17,23)(H,18,19,21)/t9-/m1/s1. The molecule has 0 amide bonds. The van der Waals surface area contributed by atoms with Gasteiger partial charge in [-0.05, 0) is 6.07 Å². The van der Waals surface area contributed by atoms with Gasteiger partial charge in [0.15, 0.2) is 11.9 Å². The smallest absolute Gasteiger partial charge is 0.393 e. The molecule has 1 atom stereocenters. The van der Waals surface area contributed by atoms with Gasteiger partial charge in [-0.3, -0.25) is 4.68 Å². The lowest BCUT2D eigenvalue weighted by Crippen LogP contribution is -2.30. The number of nitrogens with one attached hydrogen (secondary N) is 1. The number of aromatic amines is 1. The van der Waals surface area contributed by atoms with Gasteiger partial charge in [0.2, 0.25) is 0 Å². The van der Waals surface area contributed by atoms with Gasteiger partial charge in [-0.15, -0.1) is 0 Å². The summed E-state index contributed by atoms with van der Waals surface area (Å²) in [7, 11) is 0. The molecule has 0 radical (unpaired) electrons. The molecule has 0 saturated carbocycles. The average molecular weight is 340 g/mol. The van der Waals surface area contributed by atoms with Crippen LogP contribution in [0.2, 0.25) is 0 Å². The first kappa shape index (κ1) is 15.4. The lowest BCUT2D eigenvalue weighted by molar-refractivity contribution is -0.168. The maximum absolute atomic E-state index is 13.1. The first-order valence-electron chi connectivity index (χ1n) is 6.54. The number of hydrogen-bond donors (Lipinski definition) is 2. The van der Waals surface area contributed by atoms with E-state index in [2.05, 4.69) is 32.3 Å². The average Bonchev–Trinajstić information content (AvgIpc) is 3.11. The van der Waals surface area contributed by atoms with Crippen molar-refractivity contribution >= 4 is 28.2 Å². The number of thiocarbonyl (C=S) groups is 1. The van der Waals surface area contributed by atoms with Crippen LogP contribution in [0.15, 0.2) is 30.9 Å². The molecule has 0 saturated heterocycles. The Morgan fingerprint density at radius 1 is 1.39 bits per heavy atom. The Morgan fingerprint density at radius 3 is 2.87 bits per heavy atom. The SMILES string of the molecule is NC(=S)C[C@@H](n1cc(-c2ncc3cc[nH]c3n2)cn1)C(F)(F)F. The van der Waals surface area contributed by atoms with E-state index in [1.165, 1.54) is 12.4 Å². The molecule has 3 rings (SSSR count). The maximum Gasteiger partial charge on any atom is 0.411 e. The van der Waals surface area contributed by atoms with Crippen molar-refractivity contribution in [2.24, 2.45) is 5.73 Å². The van der Waals surface area contributed by atoms with Crippen LogP contribution in [0.4, 0.5) is 13.2 Å². The number of alkyl halides is 3. The summed E-state index contributed by atoms with van der Waals surface area (Å²) in [6.07, 6.45) is 0.770. The molecule has 3 aromatic heterocycles. The van der Waals surface area contributed by atoms with E-state index in [9.17, 15) is 13.2 Å². The van der Waals surface area contributed by atoms with Crippen molar-refractivity contribution in [3.05, 3.63) is 30.9 Å². The topological polar surface area (TPSA) is 85.4 Å². The molecule has 6 nitrogen and oxygen atoms in total. The monoisotopic (exact) mass is 340 g/mol. The van der Waals surface area contributed by atoms with Gasteiger partial charge in [0.1, 0.15) is 5.65 Å². The maximum atomic E-state index is 13.1. The molecule has 0 spiro atoms. The molecule has 0 aromatic carbocycles. The highest BCUT2D eigenvalue weighted by atomic mass is 32.1. The van der Waals surface area contributed by atoms with Crippen LogP contribution in [-0.2, 0) is 0 Å². The van der Waals surface area contributed by atoms with E-state index >= 15 is 0 Å². The van der Waals surface area contributed by atoms with Gasteiger partial charge in [-0.1, -0.05) is 12.2 Å². The zero-order chi connectivity index (χ0) is 16.6. The Kier molecular flexibility index (Phi) is 3.76. The van der Waals surface area contributed by atoms with Gasteiger partial charge in [0.25, 0.3) is 0 Å². The van der Waals surface area contributed by atoms with Crippen molar-refractivity contribution in [1.29, 1.82) is 0 Å². The summed E-state index contributed by atoms with van der Waals surface area (Å²) in [5.74, 6) is 0.280. The van der Waals surface area contributed by atoms with Crippen LogP contribution in [0.1, 0.15) is 12.5 Å². The molecule has 3 aromatic rings. The predicted octanol–water partition coefficient (Wildman–Crippen LogP) is 2.60. The van der Waals surface area contributed by atoms with Crippen LogP contribution in [0.5, 0.6) is 0 Å². The third kappa shape index (κ3) is 3.16. The number of halogens is 3. The zero-order valence-electron chi connectivity index (χ0n) is 11.6. The van der Waals surface area contributed by atoms with E-state index < -0.39 is 18.6 Å². The van der Waals surface area contributed by atoms with E-state index in [0.29, 0.717) is 11.2 Å². The second-order valence-corrected chi connectivity index (χ2v) is 5.44. The minimum Gasteiger partial charge on any atom is -0.393 e. The van der Waals surface area contributed by atoms with E-state index in [-0.39, 0.29) is 10.8 Å². The molecule has 0 unspecified atom stereocenters. The molecule has 0 bridgehead atoms. The van der Waals surface area contributed by atoms with Crippen LogP contribution in [-0.4, -0.2) is 35.9 Å². The van der Waals surface area contributed by atoms with Gasteiger partial charge in [0, 0.05) is 30.4 Å². The van der Waals surface area contributed by atoms with Gasteiger partial charge in [0.05, 0.1) is 16.7 Å². The lowest BCUT2D eigenvalue weighted by atomic mass is 10.2. The molecule has 0 aliphatic rings. The molecule has 10 heteroatoms. The van der Waals surface area contributed by atoms with Crippen molar-refractivity contribution in [1.82, 2.24) is 24.7 Å². The summed E-state index contributed by atoms with van der Waals surface area (Å²) in [6, 6.07) is -0.118. The second-order valence-electron chi connectivity index (χ2n) is 4.91. The van der Waals surface area contributed by atoms with Gasteiger partial charge in [-0.2, -0.15) is 18.3 Å². The molecular weight excluding hydrogens is 329 g/mol. The third-order valence-electron chi connectivity index (χ3n) is 3.25. The lowest BCUT2D eigenvalue weighted by Gasteiger charge is -2.19. The van der Waals surface area contributed by atoms with Crippen LogP contribution >= 0.6 is 12.2 Å². The summed E-state index contributed by atoms with van der Waals surface area (Å²) < 4.78 is 40.2. The largest absolute Gasteiger partial charge is 0.411 e. The second kappa shape index (κ2) is 5.61. The number of nitrogens with zero attached hydrogens (tertiary/aromatic N) is 4. The molecule has 3 heterocycles. The summed E-state index contributed by atoms with van der Waals surface area (Å²) in [4.78, 5) is 11.1. The zero-order valence-corrected chi connectivity index (χ0v) is 12.4. The summed E-state index contributed by atoms with van der Waals surface area (Å²) in [5, 5.41) is 4.58. The summed E-state index contributed by atoms with van der Waals surface area (Å²) in [5.41, 5.74) is 6.23. The molecule has 23 heavy (non-hydrogen) atoms. The first-order valence-corrected chi connectivity index (χ1v) is 6.95. The Morgan fingerprint density at radius 2 is 2.17 bits per heavy atom. The molecule has 120 valence electrons. The van der Waals surface area contributed by atoms with Crippen molar-refractivity contribution in [2.75, 3.05) is 0 Å². The highest BCUT2D eigenvalue weighted by Crippen LogP contribution is 2.33. The van der Waals surface area contributed by atoms with Crippen LogP contribution in [0.3, 0.4) is 0 Å². The number of fused-ring (bicyclic) bond motifs is 1. The van der Waals surface area contributed by atoms with Gasteiger partial charge >= 0.3 is 6.18 Å². The normalized spacial score (nSPS) is 13.3. The van der Waals surface area contributed by atoms with Crippen molar-refractivity contribution in [3.63, 3.8) is 0 Å². The molecule has 3 N–H and O–H groups in total. The minimum atomic E-state index is -4.52. The third-order valence-corrected chi connectivity index (χ3v) is 3.42. The summed E-state index contributed by atoms with van der Waals surface area (Å²) >= 11 is 4.59. The van der Waals surface area contributed by atoms with Crippen molar-refractivity contribution in [2.45, 2.75) is 18.6 Å². The van der Waals surface area contributed by atoms with Crippen molar-refractivity contribution in [3.8, 4) is 11.4 Å². The first-order chi connectivity index (χ1) is 10.8. The number of aromatic nitrogens is 5. The number of rotatable bonds is 4. The van der Waals surface area contributed by atoms with E-state index in [4.69, 9.17) is 5.73 Å². The van der Waals surface area contributed by atoms with Crippen LogP contribution < -0.4 is 5.73 Å². The number of H-pyrrole nitrogens is 1. The summed E-state index contributed by atoms with van der Waals surface area (Å²) in [6.45, 7) is 0. The van der Waals surface area contributed by atoms with Gasteiger partial charge < -0.3 is 10.7 Å². The fourth-order valence-corrected chi connectivity index (χ4v) is 2.31. The highest BCUT2D eigenvalue weighted by molar-refractivity contribution is 7.80. The van der Waals surface area contributed by atoms with Gasteiger partial charge in [-0.25, -0.2) is 9.97 Å². The Bertz CT molecular complexity index is 853. The predicted molar refractivity (Wildman–Crippen MR) is 81.6 cm³/mol.